The monoisotopic (exact) mass is 293 g/mol. The van der Waals surface area contributed by atoms with Crippen molar-refractivity contribution in [3.05, 3.63) is 65.7 Å². The number of Topliss-reactive ketones (excluding diaryl/α,β-unsaturated/α-hetero) is 1. The Hall–Kier alpha value is -2.30. The van der Waals surface area contributed by atoms with Gasteiger partial charge < -0.3 is 5.32 Å². The molecule has 110 valence electrons. The van der Waals surface area contributed by atoms with Crippen LogP contribution in [0.1, 0.15) is 11.1 Å². The predicted molar refractivity (Wildman–Crippen MR) is 75.1 cm³/mol. The maximum Gasteiger partial charge on any atom is 0.416 e. The van der Waals surface area contributed by atoms with Crippen LogP contribution in [0.3, 0.4) is 0 Å². The number of alkyl halides is 3. The molecule has 2 aromatic rings. The highest BCUT2D eigenvalue weighted by Crippen LogP contribution is 2.29. The van der Waals surface area contributed by atoms with Crippen LogP contribution in [0.15, 0.2) is 54.6 Å². The summed E-state index contributed by atoms with van der Waals surface area (Å²) in [4.78, 5) is 11.8. The van der Waals surface area contributed by atoms with E-state index in [1.807, 2.05) is 30.3 Å². The maximum absolute atomic E-state index is 12.6. The number of para-hydroxylation sites is 1. The molecule has 2 rings (SSSR count). The summed E-state index contributed by atoms with van der Waals surface area (Å²) in [7, 11) is 0. The number of hydrogen-bond donors (Lipinski definition) is 1. The molecule has 0 amide bonds. The minimum Gasteiger partial charge on any atom is -0.378 e. The van der Waals surface area contributed by atoms with Gasteiger partial charge in [-0.05, 0) is 23.8 Å². The van der Waals surface area contributed by atoms with Crippen molar-refractivity contribution >= 4 is 11.5 Å². The Balaban J connectivity index is 1.94. The molecule has 0 bridgehead atoms. The van der Waals surface area contributed by atoms with E-state index in [9.17, 15) is 18.0 Å². The second kappa shape index (κ2) is 6.43. The van der Waals surface area contributed by atoms with E-state index in [0.29, 0.717) is 5.56 Å². The SMILES string of the molecule is O=C(CNc1ccccc1)Cc1cccc(C(F)(F)F)c1. The molecular formula is C16H14F3NO. The quantitative estimate of drug-likeness (QED) is 0.905. The van der Waals surface area contributed by atoms with Gasteiger partial charge in [0.2, 0.25) is 0 Å². The van der Waals surface area contributed by atoms with Gasteiger partial charge >= 0.3 is 6.18 Å². The standard InChI is InChI=1S/C16H14F3NO/c17-16(18,19)13-6-4-5-12(9-13)10-15(21)11-20-14-7-2-1-3-8-14/h1-9,20H,10-11H2. The zero-order valence-corrected chi connectivity index (χ0v) is 11.2. The highest BCUT2D eigenvalue weighted by Gasteiger charge is 2.30. The number of hydrogen-bond acceptors (Lipinski definition) is 2. The lowest BCUT2D eigenvalue weighted by Gasteiger charge is -2.09. The van der Waals surface area contributed by atoms with Crippen molar-refractivity contribution in [2.45, 2.75) is 12.6 Å². The topological polar surface area (TPSA) is 29.1 Å². The van der Waals surface area contributed by atoms with E-state index in [-0.39, 0.29) is 18.7 Å². The number of rotatable bonds is 5. The van der Waals surface area contributed by atoms with Gasteiger partial charge in [0.25, 0.3) is 0 Å². The summed E-state index contributed by atoms with van der Waals surface area (Å²) in [5.41, 5.74) is 0.434. The van der Waals surface area contributed by atoms with Crippen LogP contribution in [0.25, 0.3) is 0 Å². The van der Waals surface area contributed by atoms with E-state index >= 15 is 0 Å². The van der Waals surface area contributed by atoms with E-state index in [4.69, 9.17) is 0 Å². The molecule has 2 nitrogen and oxygen atoms in total. The van der Waals surface area contributed by atoms with Crippen LogP contribution in [0, 0.1) is 0 Å². The lowest BCUT2D eigenvalue weighted by Crippen LogP contribution is -2.16. The molecule has 0 heterocycles. The Morgan fingerprint density at radius 2 is 1.71 bits per heavy atom. The summed E-state index contributed by atoms with van der Waals surface area (Å²) in [5.74, 6) is -0.168. The predicted octanol–water partition coefficient (Wildman–Crippen LogP) is 3.93. The normalized spacial score (nSPS) is 11.2. The fourth-order valence-corrected chi connectivity index (χ4v) is 1.90. The molecule has 0 fully saturated rings. The minimum atomic E-state index is -4.39. The van der Waals surface area contributed by atoms with E-state index in [0.717, 1.165) is 17.8 Å². The summed E-state index contributed by atoms with van der Waals surface area (Å²) in [6, 6.07) is 14.0. The molecule has 0 unspecified atom stereocenters. The highest BCUT2D eigenvalue weighted by molar-refractivity contribution is 5.85. The van der Waals surface area contributed by atoms with Gasteiger partial charge in [-0.1, -0.05) is 36.4 Å². The Bertz CT molecular complexity index is 608. The van der Waals surface area contributed by atoms with Gasteiger partial charge in [-0.15, -0.1) is 0 Å². The first-order valence-corrected chi connectivity index (χ1v) is 6.42. The van der Waals surface area contributed by atoms with E-state index < -0.39 is 11.7 Å². The summed E-state index contributed by atoms with van der Waals surface area (Å²) >= 11 is 0. The Morgan fingerprint density at radius 1 is 1.00 bits per heavy atom. The highest BCUT2D eigenvalue weighted by atomic mass is 19.4. The van der Waals surface area contributed by atoms with Gasteiger partial charge in [-0.3, -0.25) is 4.79 Å². The van der Waals surface area contributed by atoms with Crippen molar-refractivity contribution in [2.75, 3.05) is 11.9 Å². The third kappa shape index (κ3) is 4.63. The van der Waals surface area contributed by atoms with Crippen LogP contribution < -0.4 is 5.32 Å². The summed E-state index contributed by atoms with van der Waals surface area (Å²) in [5, 5.41) is 2.94. The Kier molecular flexibility index (Phi) is 4.62. The molecule has 0 saturated carbocycles. The molecule has 0 saturated heterocycles. The molecule has 2 aromatic carbocycles. The third-order valence-corrected chi connectivity index (χ3v) is 2.92. The average molecular weight is 293 g/mol. The summed E-state index contributed by atoms with van der Waals surface area (Å²) < 4.78 is 37.7. The van der Waals surface area contributed by atoms with Crippen molar-refractivity contribution in [3.8, 4) is 0 Å². The fourth-order valence-electron chi connectivity index (χ4n) is 1.90. The number of nitrogens with one attached hydrogen (secondary N) is 1. The van der Waals surface area contributed by atoms with Gasteiger partial charge in [-0.25, -0.2) is 0 Å². The van der Waals surface area contributed by atoms with Crippen molar-refractivity contribution in [1.82, 2.24) is 0 Å². The van der Waals surface area contributed by atoms with E-state index in [1.165, 1.54) is 12.1 Å². The molecule has 21 heavy (non-hydrogen) atoms. The zero-order chi connectivity index (χ0) is 15.3. The van der Waals surface area contributed by atoms with Crippen LogP contribution in [0.4, 0.5) is 18.9 Å². The number of benzene rings is 2. The second-order valence-corrected chi connectivity index (χ2v) is 4.63. The number of anilines is 1. The van der Waals surface area contributed by atoms with E-state index in [2.05, 4.69) is 5.32 Å². The first kappa shape index (κ1) is 15.1. The summed E-state index contributed by atoms with van der Waals surface area (Å²) in [6.07, 6.45) is -4.41. The largest absolute Gasteiger partial charge is 0.416 e. The van der Waals surface area contributed by atoms with Crippen molar-refractivity contribution < 1.29 is 18.0 Å². The molecule has 0 atom stereocenters. The van der Waals surface area contributed by atoms with Crippen LogP contribution in [-0.4, -0.2) is 12.3 Å². The number of ketones is 1. The molecule has 1 N–H and O–H groups in total. The van der Waals surface area contributed by atoms with Gasteiger partial charge in [0, 0.05) is 12.1 Å². The first-order valence-electron chi connectivity index (χ1n) is 6.42. The number of halogens is 3. The van der Waals surface area contributed by atoms with Crippen molar-refractivity contribution in [3.63, 3.8) is 0 Å². The average Bonchev–Trinajstić information content (AvgIpc) is 2.46. The molecule has 0 aliphatic heterocycles. The van der Waals surface area contributed by atoms with Crippen LogP contribution in [-0.2, 0) is 17.4 Å². The lowest BCUT2D eigenvalue weighted by atomic mass is 10.1. The second-order valence-electron chi connectivity index (χ2n) is 4.63. The molecule has 0 aliphatic carbocycles. The Labute approximate surface area is 120 Å². The van der Waals surface area contributed by atoms with Crippen LogP contribution >= 0.6 is 0 Å². The number of carbonyl (C=O) groups is 1. The molecule has 0 aliphatic rings. The maximum atomic E-state index is 12.6. The van der Waals surface area contributed by atoms with Crippen LogP contribution in [0.5, 0.6) is 0 Å². The fraction of sp³-hybridized carbons (Fsp3) is 0.188. The van der Waals surface area contributed by atoms with Crippen LogP contribution in [0.2, 0.25) is 0 Å². The van der Waals surface area contributed by atoms with Gasteiger partial charge in [0.15, 0.2) is 5.78 Å². The van der Waals surface area contributed by atoms with E-state index in [1.54, 1.807) is 0 Å². The van der Waals surface area contributed by atoms with Gasteiger partial charge in [0.1, 0.15) is 0 Å². The molecule has 0 spiro atoms. The molecule has 0 radical (unpaired) electrons. The lowest BCUT2D eigenvalue weighted by molar-refractivity contribution is -0.137. The van der Waals surface area contributed by atoms with Crippen molar-refractivity contribution in [2.24, 2.45) is 0 Å². The summed E-state index contributed by atoms with van der Waals surface area (Å²) in [6.45, 7) is 0.0836. The minimum absolute atomic E-state index is 0.0241. The van der Waals surface area contributed by atoms with Crippen molar-refractivity contribution in [1.29, 1.82) is 0 Å². The zero-order valence-electron chi connectivity index (χ0n) is 11.2. The van der Waals surface area contributed by atoms with Gasteiger partial charge in [-0.2, -0.15) is 13.2 Å². The Morgan fingerprint density at radius 3 is 2.38 bits per heavy atom. The number of carbonyl (C=O) groups excluding carboxylic acids is 1. The first-order chi connectivity index (χ1) is 9.95. The third-order valence-electron chi connectivity index (χ3n) is 2.92. The molecule has 0 aromatic heterocycles. The van der Waals surface area contributed by atoms with Gasteiger partial charge in [0.05, 0.1) is 12.1 Å². The molecular weight excluding hydrogens is 279 g/mol. The molecule has 5 heteroatoms. The smallest absolute Gasteiger partial charge is 0.378 e.